The van der Waals surface area contributed by atoms with E-state index in [0.717, 1.165) is 17.1 Å². The third kappa shape index (κ3) is 3.69. The molecule has 1 aromatic heterocycles. The van der Waals surface area contributed by atoms with E-state index in [0.29, 0.717) is 6.54 Å². The van der Waals surface area contributed by atoms with Crippen molar-refractivity contribution in [3.8, 4) is 0 Å². The Morgan fingerprint density at radius 1 is 1.30 bits per heavy atom. The first-order valence-corrected chi connectivity index (χ1v) is 7.82. The lowest BCUT2D eigenvalue weighted by Gasteiger charge is -2.14. The van der Waals surface area contributed by atoms with Crippen LogP contribution >= 0.6 is 0 Å². The summed E-state index contributed by atoms with van der Waals surface area (Å²) >= 11 is 0. The molecule has 1 atom stereocenters. The average Bonchev–Trinajstić information content (AvgIpc) is 2.81. The molecule has 0 bridgehead atoms. The molecule has 0 saturated heterocycles. The zero-order chi connectivity index (χ0) is 14.8. The second-order valence-corrected chi connectivity index (χ2v) is 6.29. The lowest BCUT2D eigenvalue weighted by molar-refractivity contribution is 0.444. The third-order valence-corrected chi connectivity index (χ3v) is 3.98. The van der Waals surface area contributed by atoms with Crippen molar-refractivity contribution in [3.05, 3.63) is 53.5 Å². The van der Waals surface area contributed by atoms with Gasteiger partial charge in [0.15, 0.2) is 0 Å². The molecule has 0 aliphatic heterocycles. The van der Waals surface area contributed by atoms with Crippen molar-refractivity contribution < 1.29 is 12.8 Å². The summed E-state index contributed by atoms with van der Waals surface area (Å²) in [6.45, 7) is 4.43. The van der Waals surface area contributed by atoms with Crippen LogP contribution in [0.5, 0.6) is 0 Å². The smallest absolute Gasteiger partial charge is 0.238 e. The Labute approximate surface area is 118 Å². The van der Waals surface area contributed by atoms with Crippen LogP contribution in [0.15, 0.2) is 45.7 Å². The van der Waals surface area contributed by atoms with Crippen LogP contribution in [0.25, 0.3) is 0 Å². The van der Waals surface area contributed by atoms with Gasteiger partial charge in [-0.3, -0.25) is 0 Å². The van der Waals surface area contributed by atoms with Gasteiger partial charge < -0.3 is 9.73 Å². The fraction of sp³-hybridized carbons (Fsp3) is 0.286. The summed E-state index contributed by atoms with van der Waals surface area (Å²) in [5.74, 6) is 1.71. The Kier molecular flexibility index (Phi) is 4.27. The van der Waals surface area contributed by atoms with Crippen LogP contribution < -0.4 is 10.5 Å². The highest BCUT2D eigenvalue weighted by Gasteiger charge is 2.11. The zero-order valence-corrected chi connectivity index (χ0v) is 12.3. The summed E-state index contributed by atoms with van der Waals surface area (Å²) in [5, 5.41) is 8.41. The van der Waals surface area contributed by atoms with E-state index < -0.39 is 10.0 Å². The van der Waals surface area contributed by atoms with Gasteiger partial charge in [0.25, 0.3) is 0 Å². The second kappa shape index (κ2) is 5.78. The maximum absolute atomic E-state index is 11.3. The highest BCUT2D eigenvalue weighted by atomic mass is 32.2. The SMILES string of the molecule is Cc1ccc(CNC(C)c2cccc(S(N)(=O)=O)c2)o1. The molecular weight excluding hydrogens is 276 g/mol. The van der Waals surface area contributed by atoms with Crippen LogP contribution in [0.3, 0.4) is 0 Å². The first-order valence-electron chi connectivity index (χ1n) is 6.28. The van der Waals surface area contributed by atoms with E-state index in [1.807, 2.05) is 32.0 Å². The summed E-state index contributed by atoms with van der Waals surface area (Å²) in [6.07, 6.45) is 0. The van der Waals surface area contributed by atoms with Gasteiger partial charge in [-0.2, -0.15) is 0 Å². The average molecular weight is 294 g/mol. The molecule has 0 saturated carbocycles. The third-order valence-electron chi connectivity index (χ3n) is 3.07. The van der Waals surface area contributed by atoms with Crippen molar-refractivity contribution in [2.45, 2.75) is 31.3 Å². The Balaban J connectivity index is 2.07. The van der Waals surface area contributed by atoms with Gasteiger partial charge >= 0.3 is 0 Å². The monoisotopic (exact) mass is 294 g/mol. The van der Waals surface area contributed by atoms with E-state index in [9.17, 15) is 8.42 Å². The predicted molar refractivity (Wildman–Crippen MR) is 76.5 cm³/mol. The van der Waals surface area contributed by atoms with Crippen LogP contribution in [0.1, 0.15) is 30.0 Å². The maximum atomic E-state index is 11.3. The maximum Gasteiger partial charge on any atom is 0.238 e. The van der Waals surface area contributed by atoms with Crippen LogP contribution in [0.2, 0.25) is 0 Å². The number of rotatable bonds is 5. The standard InChI is InChI=1S/C14H18N2O3S/c1-10-6-7-13(19-10)9-16-11(2)12-4-3-5-14(8-12)20(15,17)18/h3-8,11,16H,9H2,1-2H3,(H2,15,17,18). The van der Waals surface area contributed by atoms with Gasteiger partial charge in [-0.15, -0.1) is 0 Å². The molecule has 2 aromatic rings. The molecule has 1 aromatic carbocycles. The van der Waals surface area contributed by atoms with E-state index in [1.54, 1.807) is 12.1 Å². The van der Waals surface area contributed by atoms with E-state index in [4.69, 9.17) is 9.56 Å². The number of hydrogen-bond acceptors (Lipinski definition) is 4. The Morgan fingerprint density at radius 3 is 2.65 bits per heavy atom. The quantitative estimate of drug-likeness (QED) is 0.884. The molecule has 20 heavy (non-hydrogen) atoms. The van der Waals surface area contributed by atoms with Crippen LogP contribution in [-0.4, -0.2) is 8.42 Å². The number of nitrogens with two attached hydrogens (primary N) is 1. The van der Waals surface area contributed by atoms with Gasteiger partial charge in [-0.05, 0) is 43.7 Å². The van der Waals surface area contributed by atoms with Crippen LogP contribution in [0, 0.1) is 6.92 Å². The molecular formula is C14H18N2O3S. The number of hydrogen-bond donors (Lipinski definition) is 2. The molecule has 1 heterocycles. The molecule has 0 aliphatic rings. The first-order chi connectivity index (χ1) is 9.36. The van der Waals surface area contributed by atoms with Gasteiger partial charge in [0.1, 0.15) is 11.5 Å². The largest absolute Gasteiger partial charge is 0.465 e. The van der Waals surface area contributed by atoms with Gasteiger partial charge in [0, 0.05) is 6.04 Å². The lowest BCUT2D eigenvalue weighted by atomic mass is 10.1. The van der Waals surface area contributed by atoms with E-state index in [2.05, 4.69) is 5.32 Å². The first kappa shape index (κ1) is 14.8. The fourth-order valence-corrected chi connectivity index (χ4v) is 2.48. The normalized spacial score (nSPS) is 13.3. The molecule has 0 radical (unpaired) electrons. The highest BCUT2D eigenvalue weighted by Crippen LogP contribution is 2.17. The van der Waals surface area contributed by atoms with Crippen molar-refractivity contribution in [2.24, 2.45) is 5.14 Å². The van der Waals surface area contributed by atoms with Crippen LogP contribution in [0.4, 0.5) is 0 Å². The Bertz CT molecular complexity index is 692. The minimum absolute atomic E-state index is 0.0119. The number of primary sulfonamides is 1. The van der Waals surface area contributed by atoms with E-state index in [-0.39, 0.29) is 10.9 Å². The predicted octanol–water partition coefficient (Wildman–Crippen LogP) is 2.09. The highest BCUT2D eigenvalue weighted by molar-refractivity contribution is 7.89. The summed E-state index contributed by atoms with van der Waals surface area (Å²) in [6, 6.07) is 10.4. The summed E-state index contributed by atoms with van der Waals surface area (Å²) in [7, 11) is -3.67. The fourth-order valence-electron chi connectivity index (χ4n) is 1.91. The van der Waals surface area contributed by atoms with Crippen molar-refractivity contribution in [1.82, 2.24) is 5.32 Å². The van der Waals surface area contributed by atoms with E-state index >= 15 is 0 Å². The minimum Gasteiger partial charge on any atom is -0.465 e. The molecule has 1 unspecified atom stereocenters. The molecule has 0 aliphatic carbocycles. The van der Waals surface area contributed by atoms with Gasteiger partial charge in [0.2, 0.25) is 10.0 Å². The van der Waals surface area contributed by atoms with Crippen LogP contribution in [-0.2, 0) is 16.6 Å². The van der Waals surface area contributed by atoms with Crippen molar-refractivity contribution in [1.29, 1.82) is 0 Å². The molecule has 2 rings (SSSR count). The molecule has 0 fully saturated rings. The Hall–Kier alpha value is -1.63. The summed E-state index contributed by atoms with van der Waals surface area (Å²) in [4.78, 5) is 0.123. The molecule has 0 amide bonds. The van der Waals surface area contributed by atoms with Gasteiger partial charge in [-0.25, -0.2) is 13.6 Å². The van der Waals surface area contributed by atoms with Gasteiger partial charge in [0.05, 0.1) is 11.4 Å². The molecule has 108 valence electrons. The summed E-state index contributed by atoms with van der Waals surface area (Å²) < 4.78 is 28.1. The number of furan rings is 1. The van der Waals surface area contributed by atoms with Crippen molar-refractivity contribution in [2.75, 3.05) is 0 Å². The number of benzene rings is 1. The zero-order valence-electron chi connectivity index (χ0n) is 11.5. The number of aryl methyl sites for hydroxylation is 1. The topological polar surface area (TPSA) is 85.3 Å². The molecule has 0 spiro atoms. The number of sulfonamides is 1. The van der Waals surface area contributed by atoms with Crippen molar-refractivity contribution in [3.63, 3.8) is 0 Å². The lowest BCUT2D eigenvalue weighted by Crippen LogP contribution is -2.19. The van der Waals surface area contributed by atoms with Crippen molar-refractivity contribution >= 4 is 10.0 Å². The Morgan fingerprint density at radius 2 is 2.05 bits per heavy atom. The second-order valence-electron chi connectivity index (χ2n) is 4.73. The van der Waals surface area contributed by atoms with Gasteiger partial charge in [-0.1, -0.05) is 12.1 Å². The minimum atomic E-state index is -3.67. The molecule has 3 N–H and O–H groups in total. The molecule has 5 nitrogen and oxygen atoms in total. The van der Waals surface area contributed by atoms with E-state index in [1.165, 1.54) is 6.07 Å². The number of nitrogens with one attached hydrogen (secondary N) is 1. The molecule has 6 heteroatoms. The summed E-state index contributed by atoms with van der Waals surface area (Å²) in [5.41, 5.74) is 0.861.